The third-order valence-corrected chi connectivity index (χ3v) is 5.63. The Morgan fingerprint density at radius 2 is 1.79 bits per heavy atom. The summed E-state index contributed by atoms with van der Waals surface area (Å²) in [6.45, 7) is -0.214. The van der Waals surface area contributed by atoms with Crippen molar-refractivity contribution in [2.24, 2.45) is 0 Å². The van der Waals surface area contributed by atoms with Crippen LogP contribution in [0.1, 0.15) is 17.2 Å². The molecule has 4 aromatic rings. The number of amides is 1. The van der Waals surface area contributed by atoms with Crippen molar-refractivity contribution in [2.45, 2.75) is 6.04 Å². The number of fused-ring (bicyclic) bond motifs is 1. The maximum atomic E-state index is 12.9. The van der Waals surface area contributed by atoms with E-state index in [-0.39, 0.29) is 18.3 Å². The maximum absolute atomic E-state index is 12.9. The van der Waals surface area contributed by atoms with Crippen LogP contribution in [0, 0.1) is 0 Å². The van der Waals surface area contributed by atoms with Gasteiger partial charge < -0.3 is 24.6 Å². The molecule has 1 heterocycles. The van der Waals surface area contributed by atoms with E-state index in [0.717, 1.165) is 0 Å². The van der Waals surface area contributed by atoms with Gasteiger partial charge in [-0.05, 0) is 48.0 Å². The van der Waals surface area contributed by atoms with Crippen molar-refractivity contribution in [2.75, 3.05) is 20.8 Å². The second-order valence-electron chi connectivity index (χ2n) is 7.41. The summed E-state index contributed by atoms with van der Waals surface area (Å²) in [5, 5.41) is 15.0. The van der Waals surface area contributed by atoms with Crippen LogP contribution in [0.3, 0.4) is 0 Å². The zero-order valence-corrected chi connectivity index (χ0v) is 19.4. The first kappa shape index (κ1) is 23.2. The lowest BCUT2D eigenvalue weighted by Crippen LogP contribution is -2.33. The molecule has 0 aliphatic rings. The molecule has 0 bridgehead atoms. The Morgan fingerprint density at radius 3 is 2.53 bits per heavy atom. The summed E-state index contributed by atoms with van der Waals surface area (Å²) in [6.07, 6.45) is 1.57. The second-order valence-corrected chi connectivity index (χ2v) is 7.82. The van der Waals surface area contributed by atoms with E-state index in [1.165, 1.54) is 14.2 Å². The topological polar surface area (TPSA) is 89.9 Å². The number of para-hydroxylation sites is 1. The Labute approximate surface area is 201 Å². The van der Waals surface area contributed by atoms with Crippen LogP contribution in [0.2, 0.25) is 5.02 Å². The third kappa shape index (κ3) is 4.84. The quantitative estimate of drug-likeness (QED) is 0.374. The molecular formula is C26H23ClN2O5. The number of phenols is 1. The molecule has 0 unspecified atom stereocenters. The van der Waals surface area contributed by atoms with Gasteiger partial charge in [-0.3, -0.25) is 9.78 Å². The average molecular weight is 479 g/mol. The highest BCUT2D eigenvalue weighted by Crippen LogP contribution is 2.40. The van der Waals surface area contributed by atoms with Crippen molar-refractivity contribution in [3.8, 4) is 23.0 Å². The minimum absolute atomic E-state index is 0.0796. The number of hydrogen-bond donors (Lipinski definition) is 2. The van der Waals surface area contributed by atoms with Crippen LogP contribution in [0.25, 0.3) is 10.9 Å². The van der Waals surface area contributed by atoms with E-state index in [9.17, 15) is 9.90 Å². The van der Waals surface area contributed by atoms with Gasteiger partial charge in [0.15, 0.2) is 18.1 Å². The van der Waals surface area contributed by atoms with Crippen molar-refractivity contribution in [1.82, 2.24) is 10.3 Å². The Kier molecular flexibility index (Phi) is 7.04. The molecule has 0 saturated heterocycles. The van der Waals surface area contributed by atoms with Crippen LogP contribution >= 0.6 is 11.6 Å². The fourth-order valence-corrected chi connectivity index (χ4v) is 3.94. The van der Waals surface area contributed by atoms with Crippen molar-refractivity contribution in [1.29, 1.82) is 0 Å². The summed E-state index contributed by atoms with van der Waals surface area (Å²) in [7, 11) is 3.06. The normalized spacial score (nSPS) is 11.6. The molecule has 1 atom stereocenters. The number of benzene rings is 3. The molecule has 7 nitrogen and oxygen atoms in total. The number of hydrogen-bond acceptors (Lipinski definition) is 6. The number of nitrogens with zero attached hydrogens (tertiary/aromatic N) is 1. The number of methoxy groups -OCH3 is 2. The second kappa shape index (κ2) is 10.3. The van der Waals surface area contributed by atoms with E-state index >= 15 is 0 Å². The molecule has 1 amide bonds. The summed E-state index contributed by atoms with van der Waals surface area (Å²) in [5.74, 6) is 1.11. The Bertz CT molecular complexity index is 1310. The predicted octanol–water partition coefficient (Wildman–Crippen LogP) is 4.90. The molecule has 4 rings (SSSR count). The smallest absolute Gasteiger partial charge is 0.258 e. The molecule has 0 aliphatic carbocycles. The van der Waals surface area contributed by atoms with Crippen LogP contribution < -0.4 is 19.5 Å². The number of aromatic hydroxyl groups is 1. The fourth-order valence-electron chi connectivity index (χ4n) is 3.67. The molecule has 0 radical (unpaired) electrons. The van der Waals surface area contributed by atoms with Gasteiger partial charge in [-0.15, -0.1) is 0 Å². The highest BCUT2D eigenvalue weighted by atomic mass is 35.5. The lowest BCUT2D eigenvalue weighted by Gasteiger charge is -2.23. The SMILES string of the molecule is COc1ccc([C@H](NC(=O)COc2ccccc2)c2cc(Cl)c3cccnc3c2O)cc1OC. The number of aromatic nitrogens is 1. The Balaban J connectivity index is 1.74. The van der Waals surface area contributed by atoms with Gasteiger partial charge in [-0.1, -0.05) is 35.9 Å². The minimum atomic E-state index is -0.768. The van der Waals surface area contributed by atoms with E-state index in [2.05, 4.69) is 10.3 Å². The number of pyridine rings is 1. The van der Waals surface area contributed by atoms with Crippen LogP contribution in [0.5, 0.6) is 23.0 Å². The number of nitrogens with one attached hydrogen (secondary N) is 1. The first-order valence-electron chi connectivity index (χ1n) is 10.5. The van der Waals surface area contributed by atoms with E-state index in [1.54, 1.807) is 54.7 Å². The third-order valence-electron chi connectivity index (χ3n) is 5.32. The summed E-state index contributed by atoms with van der Waals surface area (Å²) in [4.78, 5) is 17.2. The Hall–Kier alpha value is -3.97. The van der Waals surface area contributed by atoms with Crippen molar-refractivity contribution in [3.63, 3.8) is 0 Å². The number of rotatable bonds is 8. The van der Waals surface area contributed by atoms with Gasteiger partial charge in [0.2, 0.25) is 0 Å². The minimum Gasteiger partial charge on any atom is -0.505 e. The first-order valence-corrected chi connectivity index (χ1v) is 10.8. The monoisotopic (exact) mass is 478 g/mol. The van der Waals surface area contributed by atoms with Crippen molar-refractivity contribution in [3.05, 3.63) is 89.1 Å². The van der Waals surface area contributed by atoms with Crippen molar-refractivity contribution < 1.29 is 24.1 Å². The van der Waals surface area contributed by atoms with Gasteiger partial charge in [-0.25, -0.2) is 0 Å². The molecule has 3 aromatic carbocycles. The molecule has 1 aromatic heterocycles. The highest BCUT2D eigenvalue weighted by Gasteiger charge is 2.24. The van der Waals surface area contributed by atoms with Gasteiger partial charge >= 0.3 is 0 Å². The molecule has 2 N–H and O–H groups in total. The van der Waals surface area contributed by atoms with Crippen LogP contribution in [0.4, 0.5) is 0 Å². The first-order chi connectivity index (χ1) is 16.5. The molecule has 0 saturated carbocycles. The number of ether oxygens (including phenoxy) is 3. The zero-order valence-electron chi connectivity index (χ0n) is 18.6. The molecule has 0 fully saturated rings. The van der Waals surface area contributed by atoms with Gasteiger partial charge in [0.25, 0.3) is 5.91 Å². The fraction of sp³-hybridized carbons (Fsp3) is 0.154. The van der Waals surface area contributed by atoms with Crippen LogP contribution in [0.15, 0.2) is 72.9 Å². The standard InChI is InChI=1S/C26H23ClN2O5/c1-32-21-11-10-16(13-22(21)33-2)24(29-23(30)15-34-17-7-4-3-5-8-17)19-14-20(27)18-9-6-12-28-25(18)26(19)31/h3-14,24,31H,15H2,1-2H3,(H,29,30)/t24-/m0/s1. The summed E-state index contributed by atoms with van der Waals surface area (Å²) >= 11 is 6.52. The molecule has 174 valence electrons. The number of halogens is 1. The number of carbonyl (C=O) groups is 1. The maximum Gasteiger partial charge on any atom is 0.258 e. The van der Waals surface area contributed by atoms with Crippen LogP contribution in [-0.4, -0.2) is 36.8 Å². The highest BCUT2D eigenvalue weighted by molar-refractivity contribution is 6.35. The zero-order chi connectivity index (χ0) is 24.1. The predicted molar refractivity (Wildman–Crippen MR) is 130 cm³/mol. The molecule has 34 heavy (non-hydrogen) atoms. The van der Waals surface area contributed by atoms with E-state index < -0.39 is 6.04 Å². The summed E-state index contributed by atoms with van der Waals surface area (Å²) < 4.78 is 16.4. The average Bonchev–Trinajstić information content (AvgIpc) is 2.88. The largest absolute Gasteiger partial charge is 0.505 e. The van der Waals surface area contributed by atoms with E-state index in [4.69, 9.17) is 25.8 Å². The van der Waals surface area contributed by atoms with Gasteiger partial charge in [0, 0.05) is 17.1 Å². The van der Waals surface area contributed by atoms with Gasteiger partial charge in [-0.2, -0.15) is 0 Å². The molecule has 0 aliphatic heterocycles. The van der Waals surface area contributed by atoms with Gasteiger partial charge in [0.05, 0.1) is 25.3 Å². The molecule has 0 spiro atoms. The van der Waals surface area contributed by atoms with E-state index in [0.29, 0.717) is 44.3 Å². The Morgan fingerprint density at radius 1 is 1.03 bits per heavy atom. The number of carbonyl (C=O) groups excluding carboxylic acids is 1. The number of phenolic OH excluding ortho intramolecular Hbond substituents is 1. The van der Waals surface area contributed by atoms with Crippen molar-refractivity contribution >= 4 is 28.4 Å². The summed E-state index contributed by atoms with van der Waals surface area (Å²) in [6, 6.07) is 18.6. The molecule has 8 heteroatoms. The molecular weight excluding hydrogens is 456 g/mol. The summed E-state index contributed by atoms with van der Waals surface area (Å²) in [5.41, 5.74) is 1.37. The van der Waals surface area contributed by atoms with Crippen LogP contribution in [-0.2, 0) is 4.79 Å². The lowest BCUT2D eigenvalue weighted by molar-refractivity contribution is -0.123. The lowest BCUT2D eigenvalue weighted by atomic mass is 9.95. The van der Waals surface area contributed by atoms with E-state index in [1.807, 2.05) is 18.2 Å². The van der Waals surface area contributed by atoms with Gasteiger partial charge in [0.1, 0.15) is 17.0 Å².